The summed E-state index contributed by atoms with van der Waals surface area (Å²) in [6, 6.07) is 19.5. The molecule has 8 heteroatoms. The van der Waals surface area contributed by atoms with E-state index in [0.717, 1.165) is 27.6 Å². The van der Waals surface area contributed by atoms with Gasteiger partial charge in [0.15, 0.2) is 5.82 Å². The number of methoxy groups -OCH3 is 1. The van der Waals surface area contributed by atoms with Gasteiger partial charge in [-0.05, 0) is 71.8 Å². The molecule has 3 aromatic carbocycles. The van der Waals surface area contributed by atoms with Gasteiger partial charge in [-0.15, -0.1) is 0 Å². The highest BCUT2D eigenvalue weighted by atomic mass is 35.5. The van der Waals surface area contributed by atoms with Crippen molar-refractivity contribution >= 4 is 45.6 Å². The second kappa shape index (κ2) is 9.25. The predicted molar refractivity (Wildman–Crippen MR) is 134 cm³/mol. The van der Waals surface area contributed by atoms with E-state index in [9.17, 15) is 4.39 Å². The normalized spacial score (nSPS) is 10.9. The highest BCUT2D eigenvalue weighted by Gasteiger charge is 2.13. The van der Waals surface area contributed by atoms with Gasteiger partial charge in [-0.1, -0.05) is 29.3 Å². The Morgan fingerprint density at radius 1 is 0.882 bits per heavy atom. The summed E-state index contributed by atoms with van der Waals surface area (Å²) in [7, 11) is 1.60. The predicted octanol–water partition coefficient (Wildman–Crippen LogP) is 7.56. The number of anilines is 2. The van der Waals surface area contributed by atoms with E-state index in [1.807, 2.05) is 42.5 Å². The first kappa shape index (κ1) is 22.1. The molecule has 1 N–H and O–H groups in total. The molecule has 2 aromatic heterocycles. The molecule has 34 heavy (non-hydrogen) atoms. The van der Waals surface area contributed by atoms with Gasteiger partial charge in [-0.25, -0.2) is 14.4 Å². The largest absolute Gasteiger partial charge is 0.497 e. The SMILES string of the molecule is COc1cc(Cl)cc(-c2ccc3nc(-c4cccnc4)nc(Nc4ccc(F)c(Cl)c4)c3c2)c1. The molecule has 0 aliphatic carbocycles. The standard InChI is InChI=1S/C26H17Cl2FN4O/c1-34-20-10-17(9-18(27)12-20)15-4-7-24-21(11-15)26(31-19-5-6-23(29)22(28)13-19)33-25(32-24)16-3-2-8-30-14-16/h2-14H,1H3,(H,31,32,33). The summed E-state index contributed by atoms with van der Waals surface area (Å²) in [5.41, 5.74) is 3.89. The van der Waals surface area contributed by atoms with Crippen LogP contribution in [0.25, 0.3) is 33.4 Å². The quantitative estimate of drug-likeness (QED) is 0.275. The molecule has 0 unspecified atom stereocenters. The zero-order valence-electron chi connectivity index (χ0n) is 17.9. The molecule has 0 saturated carbocycles. The monoisotopic (exact) mass is 490 g/mol. The van der Waals surface area contributed by atoms with Crippen molar-refractivity contribution in [1.29, 1.82) is 0 Å². The van der Waals surface area contributed by atoms with Crippen LogP contribution in [0.5, 0.6) is 5.75 Å². The van der Waals surface area contributed by atoms with Crippen LogP contribution in [-0.4, -0.2) is 22.1 Å². The number of rotatable bonds is 5. The summed E-state index contributed by atoms with van der Waals surface area (Å²) in [5, 5.41) is 4.62. The Bertz CT molecular complexity index is 1510. The van der Waals surface area contributed by atoms with Crippen LogP contribution >= 0.6 is 23.2 Å². The van der Waals surface area contributed by atoms with Crippen molar-refractivity contribution in [2.24, 2.45) is 0 Å². The number of nitrogens with zero attached hydrogens (tertiary/aromatic N) is 3. The molecule has 0 bridgehead atoms. The summed E-state index contributed by atoms with van der Waals surface area (Å²) >= 11 is 12.3. The summed E-state index contributed by atoms with van der Waals surface area (Å²) in [5.74, 6) is 1.22. The number of hydrogen-bond donors (Lipinski definition) is 1. The van der Waals surface area contributed by atoms with E-state index < -0.39 is 5.82 Å². The van der Waals surface area contributed by atoms with Gasteiger partial charge >= 0.3 is 0 Å². The lowest BCUT2D eigenvalue weighted by molar-refractivity contribution is 0.415. The minimum atomic E-state index is -0.493. The van der Waals surface area contributed by atoms with Gasteiger partial charge in [0.25, 0.3) is 0 Å². The van der Waals surface area contributed by atoms with E-state index in [1.54, 1.807) is 31.6 Å². The van der Waals surface area contributed by atoms with Gasteiger partial charge in [-0.2, -0.15) is 0 Å². The highest BCUT2D eigenvalue weighted by molar-refractivity contribution is 6.31. The second-order valence-corrected chi connectivity index (χ2v) is 8.35. The Balaban J connectivity index is 1.68. The molecule has 168 valence electrons. The van der Waals surface area contributed by atoms with Gasteiger partial charge in [0.2, 0.25) is 0 Å². The molecule has 5 nitrogen and oxygen atoms in total. The van der Waals surface area contributed by atoms with Crippen LogP contribution in [0.3, 0.4) is 0 Å². The van der Waals surface area contributed by atoms with Crippen LogP contribution in [0.1, 0.15) is 0 Å². The van der Waals surface area contributed by atoms with Crippen LogP contribution in [-0.2, 0) is 0 Å². The molecule has 5 rings (SSSR count). The fourth-order valence-electron chi connectivity index (χ4n) is 3.59. The van der Waals surface area contributed by atoms with Crippen molar-refractivity contribution < 1.29 is 9.13 Å². The van der Waals surface area contributed by atoms with Gasteiger partial charge in [0.05, 0.1) is 17.6 Å². The van der Waals surface area contributed by atoms with E-state index in [2.05, 4.69) is 10.3 Å². The second-order valence-electron chi connectivity index (χ2n) is 7.50. The number of aromatic nitrogens is 3. The summed E-state index contributed by atoms with van der Waals surface area (Å²) in [4.78, 5) is 13.7. The van der Waals surface area contributed by atoms with Crippen LogP contribution < -0.4 is 10.1 Å². The fourth-order valence-corrected chi connectivity index (χ4v) is 3.99. The maximum Gasteiger partial charge on any atom is 0.163 e. The summed E-state index contributed by atoms with van der Waals surface area (Å²) < 4.78 is 19.1. The van der Waals surface area contributed by atoms with E-state index in [0.29, 0.717) is 28.1 Å². The third kappa shape index (κ3) is 4.51. The van der Waals surface area contributed by atoms with Crippen molar-refractivity contribution in [3.05, 3.63) is 95.0 Å². The minimum Gasteiger partial charge on any atom is -0.497 e. The van der Waals surface area contributed by atoms with Crippen molar-refractivity contribution in [2.75, 3.05) is 12.4 Å². The minimum absolute atomic E-state index is 0.0163. The third-order valence-corrected chi connectivity index (χ3v) is 5.75. The number of fused-ring (bicyclic) bond motifs is 1. The molecule has 0 spiro atoms. The van der Waals surface area contributed by atoms with Gasteiger partial charge in [0, 0.05) is 34.1 Å². The molecule has 0 radical (unpaired) electrons. The average molecular weight is 491 g/mol. The molecule has 0 aliphatic rings. The van der Waals surface area contributed by atoms with E-state index in [-0.39, 0.29) is 5.02 Å². The fraction of sp³-hybridized carbons (Fsp3) is 0.0385. The summed E-state index contributed by atoms with van der Waals surface area (Å²) in [6.07, 6.45) is 3.39. The molecule has 0 fully saturated rings. The molecule has 2 heterocycles. The third-order valence-electron chi connectivity index (χ3n) is 5.24. The summed E-state index contributed by atoms with van der Waals surface area (Å²) in [6.45, 7) is 0. The van der Waals surface area contributed by atoms with Crippen LogP contribution in [0.4, 0.5) is 15.9 Å². The lowest BCUT2D eigenvalue weighted by Gasteiger charge is -2.13. The lowest BCUT2D eigenvalue weighted by Crippen LogP contribution is -2.00. The van der Waals surface area contributed by atoms with E-state index in [4.69, 9.17) is 37.9 Å². The highest BCUT2D eigenvalue weighted by Crippen LogP contribution is 2.34. The first-order valence-corrected chi connectivity index (χ1v) is 11.0. The Kier molecular flexibility index (Phi) is 6.01. The molecule has 0 amide bonds. The number of hydrogen-bond acceptors (Lipinski definition) is 5. The van der Waals surface area contributed by atoms with Crippen molar-refractivity contribution in [2.45, 2.75) is 0 Å². The molecule has 0 atom stereocenters. The maximum atomic E-state index is 13.7. The number of ether oxygens (including phenoxy) is 1. The Hall–Kier alpha value is -3.74. The molecular formula is C26H17Cl2FN4O. The van der Waals surface area contributed by atoms with E-state index in [1.165, 1.54) is 12.1 Å². The smallest absolute Gasteiger partial charge is 0.163 e. The zero-order valence-corrected chi connectivity index (χ0v) is 19.4. The number of nitrogens with one attached hydrogen (secondary N) is 1. The maximum absolute atomic E-state index is 13.7. The van der Waals surface area contributed by atoms with Gasteiger partial charge in [-0.3, -0.25) is 4.98 Å². The van der Waals surface area contributed by atoms with Crippen LogP contribution in [0, 0.1) is 5.82 Å². The molecule has 0 saturated heterocycles. The zero-order chi connectivity index (χ0) is 23.7. The first-order valence-electron chi connectivity index (χ1n) is 10.3. The molecule has 0 aliphatic heterocycles. The number of pyridine rings is 1. The molecule has 5 aromatic rings. The van der Waals surface area contributed by atoms with Crippen molar-refractivity contribution in [3.63, 3.8) is 0 Å². The average Bonchev–Trinajstić information content (AvgIpc) is 2.86. The first-order chi connectivity index (χ1) is 16.5. The number of halogens is 3. The van der Waals surface area contributed by atoms with Crippen molar-refractivity contribution in [3.8, 4) is 28.3 Å². The van der Waals surface area contributed by atoms with Crippen molar-refractivity contribution in [1.82, 2.24) is 15.0 Å². The van der Waals surface area contributed by atoms with Gasteiger partial charge in [0.1, 0.15) is 17.4 Å². The van der Waals surface area contributed by atoms with E-state index >= 15 is 0 Å². The Morgan fingerprint density at radius 3 is 2.53 bits per heavy atom. The molecular weight excluding hydrogens is 474 g/mol. The topological polar surface area (TPSA) is 59.9 Å². The van der Waals surface area contributed by atoms with Crippen LogP contribution in [0.15, 0.2) is 79.1 Å². The lowest BCUT2D eigenvalue weighted by atomic mass is 10.0. The Labute approximate surface area is 205 Å². The van der Waals surface area contributed by atoms with Gasteiger partial charge < -0.3 is 10.1 Å². The van der Waals surface area contributed by atoms with Crippen LogP contribution in [0.2, 0.25) is 10.0 Å². The Morgan fingerprint density at radius 2 is 1.76 bits per heavy atom. The number of benzene rings is 3.